The summed E-state index contributed by atoms with van der Waals surface area (Å²) in [6.45, 7) is 3.91. The fraction of sp³-hybridized carbons (Fsp3) is 0.360. The molecule has 2 aromatic carbocycles. The summed E-state index contributed by atoms with van der Waals surface area (Å²) in [5.41, 5.74) is 1.78. The Labute approximate surface area is 176 Å². The summed E-state index contributed by atoms with van der Waals surface area (Å²) in [5.74, 6) is 1.44. The van der Waals surface area contributed by atoms with Gasteiger partial charge in [0.05, 0.1) is 10.9 Å². The van der Waals surface area contributed by atoms with E-state index < -0.39 is 0 Å². The zero-order valence-corrected chi connectivity index (χ0v) is 17.4. The molecule has 4 rings (SSSR count). The highest BCUT2D eigenvalue weighted by atomic mass is 16.5. The summed E-state index contributed by atoms with van der Waals surface area (Å²) >= 11 is 0. The Bertz CT molecular complexity index is 1100. The molecule has 1 fully saturated rings. The van der Waals surface area contributed by atoms with Gasteiger partial charge in [0.1, 0.15) is 17.1 Å². The molecule has 0 radical (unpaired) electrons. The molecule has 0 spiro atoms. The molecule has 1 aromatic heterocycles. The fourth-order valence-electron chi connectivity index (χ4n) is 4.24. The van der Waals surface area contributed by atoms with Gasteiger partial charge in [-0.05, 0) is 43.4 Å². The predicted molar refractivity (Wildman–Crippen MR) is 118 cm³/mol. The topological polar surface area (TPSA) is 68.5 Å². The Balaban J connectivity index is 1.50. The number of amides is 1. The van der Waals surface area contributed by atoms with Crippen LogP contribution in [-0.4, -0.2) is 18.6 Å². The van der Waals surface area contributed by atoms with Crippen molar-refractivity contribution in [2.24, 2.45) is 5.92 Å². The Kier molecular flexibility index (Phi) is 5.88. The maximum Gasteiger partial charge on any atom is 0.258 e. The number of ether oxygens (including phenoxy) is 1. The van der Waals surface area contributed by atoms with E-state index in [4.69, 9.17) is 9.15 Å². The number of benzene rings is 2. The molecule has 1 N–H and O–H groups in total. The molecule has 0 saturated heterocycles. The molecule has 2 atom stereocenters. The van der Waals surface area contributed by atoms with Crippen molar-refractivity contribution in [1.82, 2.24) is 5.32 Å². The molecule has 1 saturated carbocycles. The van der Waals surface area contributed by atoms with Gasteiger partial charge in [0.25, 0.3) is 5.91 Å². The zero-order chi connectivity index (χ0) is 21.1. The summed E-state index contributed by atoms with van der Waals surface area (Å²) in [6.07, 6.45) is 4.57. The largest absolute Gasteiger partial charge is 0.484 e. The predicted octanol–water partition coefficient (Wildman–Crippen LogP) is 4.84. The molecule has 1 amide bonds. The molecule has 1 heterocycles. The monoisotopic (exact) mass is 405 g/mol. The van der Waals surface area contributed by atoms with E-state index in [1.165, 1.54) is 6.42 Å². The van der Waals surface area contributed by atoms with Crippen molar-refractivity contribution in [3.63, 3.8) is 0 Å². The van der Waals surface area contributed by atoms with Gasteiger partial charge in [-0.15, -0.1) is 0 Å². The number of nitrogens with one attached hydrogen (secondary N) is 1. The molecule has 0 bridgehead atoms. The number of hydrogen-bond acceptors (Lipinski definition) is 4. The highest BCUT2D eigenvalue weighted by Gasteiger charge is 2.23. The average Bonchev–Trinajstić information content (AvgIpc) is 2.74. The lowest BCUT2D eigenvalue weighted by Crippen LogP contribution is -2.43. The number of carbonyl (C=O) groups is 1. The van der Waals surface area contributed by atoms with Crippen molar-refractivity contribution in [3.05, 3.63) is 64.5 Å². The van der Waals surface area contributed by atoms with Crippen molar-refractivity contribution < 1.29 is 13.9 Å². The third-order valence-electron chi connectivity index (χ3n) is 5.93. The average molecular weight is 405 g/mol. The smallest absolute Gasteiger partial charge is 0.258 e. The molecule has 3 aromatic rings. The second-order valence-electron chi connectivity index (χ2n) is 8.11. The minimum absolute atomic E-state index is 0.0555. The van der Waals surface area contributed by atoms with Gasteiger partial charge >= 0.3 is 0 Å². The van der Waals surface area contributed by atoms with Crippen molar-refractivity contribution in [3.8, 4) is 16.9 Å². The SMILES string of the molecule is Cc1oc2cc(OCC(=O)N[C@@H]3CCCC[C@H]3C)ccc2c(=O)c1-c1ccccc1. The van der Waals surface area contributed by atoms with Crippen molar-refractivity contribution in [2.45, 2.75) is 45.6 Å². The zero-order valence-electron chi connectivity index (χ0n) is 17.4. The molecular weight excluding hydrogens is 378 g/mol. The highest BCUT2D eigenvalue weighted by molar-refractivity contribution is 5.84. The molecule has 1 aliphatic rings. The van der Waals surface area contributed by atoms with Crippen LogP contribution >= 0.6 is 0 Å². The summed E-state index contributed by atoms with van der Waals surface area (Å²) in [5, 5.41) is 3.58. The van der Waals surface area contributed by atoms with Crippen LogP contribution in [-0.2, 0) is 4.79 Å². The molecule has 5 heteroatoms. The summed E-state index contributed by atoms with van der Waals surface area (Å²) in [7, 11) is 0. The third-order valence-corrected chi connectivity index (χ3v) is 5.93. The van der Waals surface area contributed by atoms with Crippen LogP contribution in [0.2, 0.25) is 0 Å². The number of carbonyl (C=O) groups excluding carboxylic acids is 1. The van der Waals surface area contributed by atoms with Crippen molar-refractivity contribution >= 4 is 16.9 Å². The van der Waals surface area contributed by atoms with E-state index in [1.54, 1.807) is 25.1 Å². The Morgan fingerprint density at radius 2 is 1.90 bits per heavy atom. The van der Waals surface area contributed by atoms with Gasteiger partial charge in [-0.1, -0.05) is 50.1 Å². The van der Waals surface area contributed by atoms with E-state index in [0.29, 0.717) is 34.0 Å². The van der Waals surface area contributed by atoms with Crippen LogP contribution in [0.4, 0.5) is 0 Å². The van der Waals surface area contributed by atoms with E-state index in [0.717, 1.165) is 24.8 Å². The Hall–Kier alpha value is -3.08. The van der Waals surface area contributed by atoms with Crippen LogP contribution in [0, 0.1) is 12.8 Å². The van der Waals surface area contributed by atoms with E-state index in [-0.39, 0.29) is 24.0 Å². The molecule has 0 unspecified atom stereocenters. The normalized spacial score (nSPS) is 18.9. The summed E-state index contributed by atoms with van der Waals surface area (Å²) < 4.78 is 11.6. The van der Waals surface area contributed by atoms with Crippen LogP contribution in [0.1, 0.15) is 38.4 Å². The van der Waals surface area contributed by atoms with Gasteiger partial charge in [-0.3, -0.25) is 9.59 Å². The van der Waals surface area contributed by atoms with Crippen LogP contribution in [0.25, 0.3) is 22.1 Å². The molecule has 30 heavy (non-hydrogen) atoms. The maximum absolute atomic E-state index is 13.0. The molecule has 1 aliphatic carbocycles. The first kappa shape index (κ1) is 20.2. The quantitative estimate of drug-likeness (QED) is 0.659. The van der Waals surface area contributed by atoms with Gasteiger partial charge in [-0.2, -0.15) is 0 Å². The first-order valence-electron chi connectivity index (χ1n) is 10.6. The van der Waals surface area contributed by atoms with Gasteiger partial charge in [0.15, 0.2) is 6.61 Å². The van der Waals surface area contributed by atoms with Gasteiger partial charge in [-0.25, -0.2) is 0 Å². The molecule has 0 aliphatic heterocycles. The molecular formula is C25H27NO4. The number of hydrogen-bond donors (Lipinski definition) is 1. The van der Waals surface area contributed by atoms with Crippen LogP contribution in [0.3, 0.4) is 0 Å². The number of aryl methyl sites for hydroxylation is 1. The number of rotatable bonds is 5. The van der Waals surface area contributed by atoms with Gasteiger partial charge in [0, 0.05) is 12.1 Å². The van der Waals surface area contributed by atoms with Crippen LogP contribution in [0.5, 0.6) is 5.75 Å². The minimum Gasteiger partial charge on any atom is -0.484 e. The first-order valence-corrected chi connectivity index (χ1v) is 10.6. The Morgan fingerprint density at radius 1 is 1.13 bits per heavy atom. The highest BCUT2D eigenvalue weighted by Crippen LogP contribution is 2.26. The standard InChI is InChI=1S/C25H27NO4/c1-16-8-6-7-11-21(16)26-23(27)15-29-19-12-13-20-22(14-19)30-17(2)24(25(20)28)18-9-4-3-5-10-18/h3-5,9-10,12-14,16,21H,6-8,11,15H2,1-2H3,(H,26,27)/t16-,21-/m1/s1. The van der Waals surface area contributed by atoms with E-state index in [2.05, 4.69) is 12.2 Å². The first-order chi connectivity index (χ1) is 14.5. The third kappa shape index (κ3) is 4.25. The summed E-state index contributed by atoms with van der Waals surface area (Å²) in [6, 6.07) is 14.8. The molecule has 5 nitrogen and oxygen atoms in total. The lowest BCUT2D eigenvalue weighted by molar-refractivity contribution is -0.124. The molecule has 156 valence electrons. The summed E-state index contributed by atoms with van der Waals surface area (Å²) in [4.78, 5) is 25.3. The second-order valence-corrected chi connectivity index (χ2v) is 8.11. The van der Waals surface area contributed by atoms with E-state index >= 15 is 0 Å². The number of fused-ring (bicyclic) bond motifs is 1. The lowest BCUT2D eigenvalue weighted by atomic mass is 9.86. The van der Waals surface area contributed by atoms with Gasteiger partial charge < -0.3 is 14.5 Å². The van der Waals surface area contributed by atoms with E-state index in [1.807, 2.05) is 30.3 Å². The minimum atomic E-state index is -0.120. The second kappa shape index (κ2) is 8.74. The van der Waals surface area contributed by atoms with Crippen LogP contribution in [0.15, 0.2) is 57.7 Å². The van der Waals surface area contributed by atoms with Crippen molar-refractivity contribution in [2.75, 3.05) is 6.61 Å². The maximum atomic E-state index is 13.0. The van der Waals surface area contributed by atoms with Gasteiger partial charge in [0.2, 0.25) is 5.43 Å². The Morgan fingerprint density at radius 3 is 2.67 bits per heavy atom. The lowest BCUT2D eigenvalue weighted by Gasteiger charge is -2.29. The fourth-order valence-corrected chi connectivity index (χ4v) is 4.24. The van der Waals surface area contributed by atoms with Crippen molar-refractivity contribution in [1.29, 1.82) is 0 Å². The van der Waals surface area contributed by atoms with Crippen LogP contribution < -0.4 is 15.5 Å². The van der Waals surface area contributed by atoms with E-state index in [9.17, 15) is 9.59 Å².